The Balaban J connectivity index is 0.00000280. The number of halogens is 4. The molecule has 2 N–H and O–H groups in total. The van der Waals surface area contributed by atoms with Gasteiger partial charge in [0.25, 0.3) is 0 Å². The molecule has 1 saturated heterocycles. The van der Waals surface area contributed by atoms with Gasteiger partial charge in [0.2, 0.25) is 0 Å². The van der Waals surface area contributed by atoms with E-state index in [1.54, 1.807) is 0 Å². The van der Waals surface area contributed by atoms with Gasteiger partial charge >= 0.3 is 6.18 Å². The van der Waals surface area contributed by atoms with Crippen molar-refractivity contribution in [3.8, 4) is 0 Å². The maximum Gasteiger partial charge on any atom is 0.401 e. The van der Waals surface area contributed by atoms with E-state index in [-0.39, 0.29) is 30.0 Å². The van der Waals surface area contributed by atoms with Crippen molar-refractivity contribution in [1.29, 1.82) is 0 Å². The number of guanidine groups is 1. The molecule has 0 spiro atoms. The number of nitrogens with one attached hydrogen (secondary N) is 2. The van der Waals surface area contributed by atoms with E-state index in [1.807, 2.05) is 37.3 Å². The molecule has 0 amide bonds. The van der Waals surface area contributed by atoms with E-state index >= 15 is 0 Å². The SMILES string of the molecule is CCNC(=NCCc1cc2ccccc2o1)NC1CCN(CC(F)(F)F)C1.I. The number of para-hydroxylation sites is 1. The van der Waals surface area contributed by atoms with Crippen molar-refractivity contribution in [2.75, 3.05) is 32.7 Å². The zero-order chi connectivity index (χ0) is 19.3. The molecule has 0 bridgehead atoms. The van der Waals surface area contributed by atoms with Crippen LogP contribution in [-0.2, 0) is 6.42 Å². The van der Waals surface area contributed by atoms with E-state index in [2.05, 4.69) is 15.6 Å². The van der Waals surface area contributed by atoms with Crippen LogP contribution in [0.15, 0.2) is 39.7 Å². The van der Waals surface area contributed by atoms with E-state index in [9.17, 15) is 13.2 Å². The molecule has 1 aromatic carbocycles. The van der Waals surface area contributed by atoms with Crippen LogP contribution in [0.3, 0.4) is 0 Å². The summed E-state index contributed by atoms with van der Waals surface area (Å²) < 4.78 is 43.3. The number of aliphatic imine (C=N–C) groups is 1. The van der Waals surface area contributed by atoms with E-state index in [0.717, 1.165) is 16.7 Å². The Kier molecular flexibility index (Phi) is 8.41. The third kappa shape index (κ3) is 6.84. The number of rotatable bonds is 6. The van der Waals surface area contributed by atoms with Gasteiger partial charge in [-0.25, -0.2) is 0 Å². The van der Waals surface area contributed by atoms with Gasteiger partial charge in [0.15, 0.2) is 5.96 Å². The molecule has 3 rings (SSSR count). The number of nitrogens with zero attached hydrogens (tertiary/aromatic N) is 2. The predicted octanol–water partition coefficient (Wildman–Crippen LogP) is 3.79. The van der Waals surface area contributed by atoms with Crippen LogP contribution in [0.1, 0.15) is 19.1 Å². The van der Waals surface area contributed by atoms with Crippen LogP contribution < -0.4 is 10.6 Å². The molecule has 1 aliphatic rings. The molecule has 9 heteroatoms. The second-order valence-electron chi connectivity index (χ2n) is 6.74. The lowest BCUT2D eigenvalue weighted by molar-refractivity contribution is -0.143. The summed E-state index contributed by atoms with van der Waals surface area (Å²) >= 11 is 0. The topological polar surface area (TPSA) is 52.8 Å². The maximum atomic E-state index is 12.5. The zero-order valence-electron chi connectivity index (χ0n) is 15.8. The molecule has 1 aliphatic heterocycles. The van der Waals surface area contributed by atoms with Gasteiger partial charge in [-0.05, 0) is 25.5 Å². The molecule has 156 valence electrons. The predicted molar refractivity (Wildman–Crippen MR) is 115 cm³/mol. The molecule has 0 aliphatic carbocycles. The second kappa shape index (κ2) is 10.3. The third-order valence-electron chi connectivity index (χ3n) is 4.47. The van der Waals surface area contributed by atoms with Crippen LogP contribution in [0.5, 0.6) is 0 Å². The average Bonchev–Trinajstić information content (AvgIpc) is 3.19. The Bertz CT molecular complexity index is 745. The van der Waals surface area contributed by atoms with Gasteiger partial charge in [0, 0.05) is 44.0 Å². The van der Waals surface area contributed by atoms with Gasteiger partial charge in [-0.3, -0.25) is 9.89 Å². The highest BCUT2D eigenvalue weighted by Gasteiger charge is 2.34. The summed E-state index contributed by atoms with van der Waals surface area (Å²) in [5.41, 5.74) is 0.859. The smallest absolute Gasteiger partial charge is 0.401 e. The van der Waals surface area contributed by atoms with Crippen LogP contribution >= 0.6 is 24.0 Å². The molecular formula is C19H26F3IN4O. The van der Waals surface area contributed by atoms with Crippen LogP contribution in [0, 0.1) is 0 Å². The van der Waals surface area contributed by atoms with Crippen molar-refractivity contribution < 1.29 is 17.6 Å². The van der Waals surface area contributed by atoms with Crippen LogP contribution in [0.4, 0.5) is 13.2 Å². The van der Waals surface area contributed by atoms with Crippen LogP contribution in [0.25, 0.3) is 11.0 Å². The fourth-order valence-electron chi connectivity index (χ4n) is 3.30. The van der Waals surface area contributed by atoms with Gasteiger partial charge < -0.3 is 15.1 Å². The van der Waals surface area contributed by atoms with Gasteiger partial charge in [0.1, 0.15) is 11.3 Å². The lowest BCUT2D eigenvalue weighted by atomic mass is 10.2. The molecule has 5 nitrogen and oxygen atoms in total. The molecule has 1 atom stereocenters. The Hall–Kier alpha value is -1.49. The van der Waals surface area contributed by atoms with Crippen molar-refractivity contribution in [2.24, 2.45) is 4.99 Å². The third-order valence-corrected chi connectivity index (χ3v) is 4.47. The molecule has 0 radical (unpaired) electrons. The highest BCUT2D eigenvalue weighted by molar-refractivity contribution is 14.0. The normalized spacial score (nSPS) is 18.3. The largest absolute Gasteiger partial charge is 0.461 e. The lowest BCUT2D eigenvalue weighted by Crippen LogP contribution is -2.45. The molecule has 1 fully saturated rings. The van der Waals surface area contributed by atoms with Crippen LogP contribution in [0.2, 0.25) is 0 Å². The van der Waals surface area contributed by atoms with Crippen molar-refractivity contribution in [3.05, 3.63) is 36.1 Å². The number of hydrogen-bond acceptors (Lipinski definition) is 3. The number of likely N-dealkylation sites (tertiary alicyclic amines) is 1. The quantitative estimate of drug-likeness (QED) is 0.353. The summed E-state index contributed by atoms with van der Waals surface area (Å²) in [6, 6.07) is 9.82. The van der Waals surface area contributed by atoms with E-state index in [0.29, 0.717) is 45.0 Å². The Morgan fingerprint density at radius 3 is 2.82 bits per heavy atom. The molecular weight excluding hydrogens is 484 g/mol. The summed E-state index contributed by atoms with van der Waals surface area (Å²) in [7, 11) is 0. The van der Waals surface area contributed by atoms with Crippen molar-refractivity contribution in [1.82, 2.24) is 15.5 Å². The van der Waals surface area contributed by atoms with E-state index < -0.39 is 12.7 Å². The minimum absolute atomic E-state index is 0. The van der Waals surface area contributed by atoms with E-state index in [4.69, 9.17) is 4.42 Å². The van der Waals surface area contributed by atoms with Crippen molar-refractivity contribution >= 4 is 40.9 Å². The first-order valence-electron chi connectivity index (χ1n) is 9.24. The number of fused-ring (bicyclic) bond motifs is 1. The summed E-state index contributed by atoms with van der Waals surface area (Å²) in [5, 5.41) is 7.46. The summed E-state index contributed by atoms with van der Waals surface area (Å²) in [4.78, 5) is 5.96. The molecule has 2 heterocycles. The summed E-state index contributed by atoms with van der Waals surface area (Å²) in [6.07, 6.45) is -2.82. The Morgan fingerprint density at radius 1 is 1.32 bits per heavy atom. The van der Waals surface area contributed by atoms with Gasteiger partial charge in [0.05, 0.1) is 6.54 Å². The minimum Gasteiger partial charge on any atom is -0.461 e. The van der Waals surface area contributed by atoms with Gasteiger partial charge in [-0.2, -0.15) is 13.2 Å². The Labute approximate surface area is 179 Å². The number of alkyl halides is 3. The molecule has 28 heavy (non-hydrogen) atoms. The highest BCUT2D eigenvalue weighted by atomic mass is 127. The minimum atomic E-state index is -4.15. The average molecular weight is 510 g/mol. The monoisotopic (exact) mass is 510 g/mol. The second-order valence-corrected chi connectivity index (χ2v) is 6.74. The molecule has 1 unspecified atom stereocenters. The molecule has 0 saturated carbocycles. The first-order chi connectivity index (χ1) is 12.9. The first kappa shape index (κ1) is 22.8. The standard InChI is InChI=1S/C19H25F3N4O.HI/c1-2-23-18(25-15-8-10-26(12-15)13-19(20,21)22)24-9-7-16-11-14-5-3-4-6-17(14)27-16;/h3-6,11,15H,2,7-10,12-13H2,1H3,(H2,23,24,25);1H. The molecule has 2 aromatic rings. The lowest BCUT2D eigenvalue weighted by Gasteiger charge is -2.19. The van der Waals surface area contributed by atoms with Crippen LogP contribution in [-0.4, -0.2) is 55.8 Å². The number of furan rings is 1. The van der Waals surface area contributed by atoms with Crippen molar-refractivity contribution in [2.45, 2.75) is 32.0 Å². The van der Waals surface area contributed by atoms with E-state index in [1.165, 1.54) is 4.90 Å². The number of hydrogen-bond donors (Lipinski definition) is 2. The molecule has 1 aromatic heterocycles. The first-order valence-corrected chi connectivity index (χ1v) is 9.24. The highest BCUT2D eigenvalue weighted by Crippen LogP contribution is 2.20. The fraction of sp³-hybridized carbons (Fsp3) is 0.526. The summed E-state index contributed by atoms with van der Waals surface area (Å²) in [6.45, 7) is 3.14. The fourth-order valence-corrected chi connectivity index (χ4v) is 3.30. The Morgan fingerprint density at radius 2 is 2.11 bits per heavy atom. The van der Waals surface area contributed by atoms with Gasteiger partial charge in [-0.15, -0.1) is 24.0 Å². The zero-order valence-corrected chi connectivity index (χ0v) is 18.1. The van der Waals surface area contributed by atoms with Gasteiger partial charge in [-0.1, -0.05) is 18.2 Å². The summed E-state index contributed by atoms with van der Waals surface area (Å²) in [5.74, 6) is 1.50. The maximum absolute atomic E-state index is 12.5. The number of benzene rings is 1. The van der Waals surface area contributed by atoms with Crippen molar-refractivity contribution in [3.63, 3.8) is 0 Å².